The molecule has 4 N–H and O–H groups in total. The summed E-state index contributed by atoms with van der Waals surface area (Å²) in [5.41, 5.74) is 12.1. The molecule has 82 valence electrons. The van der Waals surface area contributed by atoms with Crippen molar-refractivity contribution in [3.63, 3.8) is 0 Å². The van der Waals surface area contributed by atoms with Gasteiger partial charge in [-0.05, 0) is 0 Å². The maximum Gasteiger partial charge on any atom is 0.282 e. The third-order valence-electron chi connectivity index (χ3n) is 0.302. The summed E-state index contributed by atoms with van der Waals surface area (Å²) in [5.74, 6) is -2.16. The molecule has 0 aliphatic heterocycles. The number of rotatable bonds is 2. The molecule has 0 unspecified atom stereocenters. The first-order chi connectivity index (χ1) is 5.95. The van der Waals surface area contributed by atoms with Crippen molar-refractivity contribution in [3.05, 3.63) is 11.5 Å². The Morgan fingerprint density at radius 3 is 1.15 bits per heavy atom. The van der Waals surface area contributed by atoms with E-state index in [-0.39, 0.29) is 14.5 Å². The number of hydrogen-bond donors (Lipinski definition) is 2. The Kier molecular flexibility index (Phi) is 27.0. The molecule has 0 saturated heterocycles. The molecule has 9 heteroatoms. The van der Waals surface area contributed by atoms with Gasteiger partial charge < -0.3 is 21.7 Å². The minimum absolute atomic E-state index is 0.208. The van der Waals surface area contributed by atoms with Crippen molar-refractivity contribution in [2.45, 2.75) is 0 Å². The number of halogens is 2. The molecule has 0 fully saturated rings. The molecular weight excluding hydrogens is 495 g/mol. The summed E-state index contributed by atoms with van der Waals surface area (Å²) >= 11 is 6.56. The van der Waals surface area contributed by atoms with Gasteiger partial charge in [-0.1, -0.05) is 13.1 Å². The zero-order valence-corrected chi connectivity index (χ0v) is 11.6. The molecule has 0 radical (unpaired) electrons. The van der Waals surface area contributed by atoms with Gasteiger partial charge in [0.1, 0.15) is 0 Å². The molecule has 13 heavy (non-hydrogen) atoms. The van der Waals surface area contributed by atoms with Crippen LogP contribution in [-0.2, 0) is 24.0 Å². The zero-order chi connectivity index (χ0) is 11.3. The summed E-state index contributed by atoms with van der Waals surface area (Å²) in [6.07, 6.45) is 0. The van der Waals surface area contributed by atoms with Gasteiger partial charge >= 0.3 is 41.0 Å². The summed E-state index contributed by atoms with van der Waals surface area (Å²) < 4.78 is 0. The molecule has 6 nitrogen and oxygen atoms in total. The molecule has 0 saturated carbocycles. The average Bonchev–Trinajstić information content (AvgIpc) is 2.07. The van der Waals surface area contributed by atoms with Gasteiger partial charge in [0, 0.05) is 0 Å². The fourth-order valence-corrected chi connectivity index (χ4v) is 0. The van der Waals surface area contributed by atoms with Crippen molar-refractivity contribution in [1.29, 1.82) is 0 Å². The summed E-state index contributed by atoms with van der Waals surface area (Å²) in [6.45, 7) is -1.06. The van der Waals surface area contributed by atoms with Crippen molar-refractivity contribution < 1.29 is 34.3 Å². The van der Waals surface area contributed by atoms with Crippen LogP contribution < -0.4 is 0 Å². The number of carboxylic acids is 2. The molecule has 0 aliphatic rings. The van der Waals surface area contributed by atoms with Crippen LogP contribution in [0.1, 0.15) is 0 Å². The summed E-state index contributed by atoms with van der Waals surface area (Å²) in [5, 5.41) is 15.1. The smallest absolute Gasteiger partial charge is 0.282 e. The number of carbonyl (C=O) groups is 2. The van der Waals surface area contributed by atoms with E-state index in [0.717, 1.165) is 0 Å². The predicted octanol–water partition coefficient (Wildman–Crippen LogP) is 1.94. The number of aliphatic carboxylic acids is 2. The predicted molar refractivity (Wildman–Crippen MR) is 51.5 cm³/mol. The second-order valence-electron chi connectivity index (χ2n) is 1.19. The molecule has 0 atom stereocenters. The maximum absolute atomic E-state index is 9.18. The largest absolute Gasteiger partial charge is 0.668 e. The first kappa shape index (κ1) is 19.1. The van der Waals surface area contributed by atoms with Gasteiger partial charge in [0.05, 0.1) is 0 Å². The summed E-state index contributed by atoms with van der Waals surface area (Å²) in [6, 6.07) is 0. The molecule has 0 heterocycles. The SMILES string of the molecule is [Br][Pt+2][Br].[NH-]CC(=O)O.[NH-]CC(=O)O. The van der Waals surface area contributed by atoms with E-state index in [4.69, 9.17) is 21.7 Å². The van der Waals surface area contributed by atoms with Crippen LogP contribution in [0.4, 0.5) is 0 Å². The van der Waals surface area contributed by atoms with E-state index in [9.17, 15) is 9.59 Å². The Bertz CT molecular complexity index is 123. The summed E-state index contributed by atoms with van der Waals surface area (Å²) in [4.78, 5) is 18.4. The van der Waals surface area contributed by atoms with Gasteiger partial charge in [0.15, 0.2) is 0 Å². The van der Waals surface area contributed by atoms with Crippen LogP contribution >= 0.6 is 26.6 Å². The number of carboxylic acid groups (broad SMARTS) is 2. The third-order valence-corrected chi connectivity index (χ3v) is 0.302. The van der Waals surface area contributed by atoms with E-state index in [1.54, 1.807) is 0 Å². The molecule has 0 aromatic heterocycles. The van der Waals surface area contributed by atoms with Crippen LogP contribution in [0.15, 0.2) is 0 Å². The number of hydrogen-bond acceptors (Lipinski definition) is 2. The van der Waals surface area contributed by atoms with Crippen LogP contribution in [0.25, 0.3) is 11.5 Å². The average molecular weight is 503 g/mol. The Hall–Kier alpha value is 0.508. The second kappa shape index (κ2) is 18.3. The maximum atomic E-state index is 9.18. The van der Waals surface area contributed by atoms with Gasteiger partial charge in [-0.25, -0.2) is 0 Å². The van der Waals surface area contributed by atoms with E-state index >= 15 is 0 Å². The van der Waals surface area contributed by atoms with Gasteiger partial charge in [0.25, 0.3) is 11.9 Å². The van der Waals surface area contributed by atoms with E-state index in [2.05, 4.69) is 26.6 Å². The zero-order valence-electron chi connectivity index (χ0n) is 6.20. The van der Waals surface area contributed by atoms with Crippen molar-refractivity contribution in [3.8, 4) is 0 Å². The van der Waals surface area contributed by atoms with E-state index in [1.807, 2.05) is 0 Å². The Labute approximate surface area is 96.9 Å². The van der Waals surface area contributed by atoms with Gasteiger partial charge in [-0.2, -0.15) is 0 Å². The van der Waals surface area contributed by atoms with Crippen molar-refractivity contribution in [2.24, 2.45) is 0 Å². The van der Waals surface area contributed by atoms with Crippen molar-refractivity contribution in [1.82, 2.24) is 0 Å². The Morgan fingerprint density at radius 1 is 1.08 bits per heavy atom. The van der Waals surface area contributed by atoms with E-state index in [1.165, 1.54) is 0 Å². The fourth-order valence-electron chi connectivity index (χ4n) is 0. The molecule has 0 amide bonds. The first-order valence-corrected chi connectivity index (χ1v) is 12.4. The normalized spacial score (nSPS) is 7.38. The molecule has 0 aromatic carbocycles. The summed E-state index contributed by atoms with van der Waals surface area (Å²) in [7, 11) is 0. The number of nitrogens with one attached hydrogen (secondary N) is 2. The topological polar surface area (TPSA) is 122 Å². The molecule has 0 aromatic rings. The molecular formula is C4H8Br2N2O4Pt. The van der Waals surface area contributed by atoms with Gasteiger partial charge in [-0.15, -0.1) is 0 Å². The minimum Gasteiger partial charge on any atom is -0.668 e. The third kappa shape index (κ3) is 68.0. The van der Waals surface area contributed by atoms with Crippen LogP contribution in [0, 0.1) is 0 Å². The van der Waals surface area contributed by atoms with Crippen LogP contribution in [-0.4, -0.2) is 35.2 Å². The van der Waals surface area contributed by atoms with Crippen molar-refractivity contribution >= 4 is 38.5 Å². The Balaban J connectivity index is -0.000000120. The van der Waals surface area contributed by atoms with E-state index in [0.29, 0.717) is 0 Å². The molecule has 0 rings (SSSR count). The van der Waals surface area contributed by atoms with Gasteiger partial charge in [0.2, 0.25) is 0 Å². The minimum atomic E-state index is -1.08. The van der Waals surface area contributed by atoms with Gasteiger partial charge in [-0.3, -0.25) is 9.59 Å². The van der Waals surface area contributed by atoms with Crippen LogP contribution in [0.3, 0.4) is 0 Å². The molecule has 0 aliphatic carbocycles. The first-order valence-electron chi connectivity index (χ1n) is 2.51. The Morgan fingerprint density at radius 2 is 1.15 bits per heavy atom. The monoisotopic (exact) mass is 501 g/mol. The van der Waals surface area contributed by atoms with E-state index < -0.39 is 25.0 Å². The standard InChI is InChI=1S/2C2H4NO2.2BrH.Pt/c2*3-1-2(4)5;;;/h2*3H,1H2,(H,4,5);2*1H;/q2*-1;;;+4/p-2. The van der Waals surface area contributed by atoms with Crippen LogP contribution in [0.2, 0.25) is 0 Å². The van der Waals surface area contributed by atoms with Crippen molar-refractivity contribution in [2.75, 3.05) is 13.1 Å². The molecule has 0 bridgehead atoms. The molecule has 0 spiro atoms. The van der Waals surface area contributed by atoms with Crippen LogP contribution in [0.5, 0.6) is 0 Å². The quantitative estimate of drug-likeness (QED) is 0.599. The fraction of sp³-hybridized carbons (Fsp3) is 0.500. The second-order valence-corrected chi connectivity index (χ2v) is 11.1.